The Morgan fingerprint density at radius 3 is 2.44 bits per heavy atom. The van der Waals surface area contributed by atoms with Crippen LogP contribution in [0.2, 0.25) is 0 Å². The lowest BCUT2D eigenvalue weighted by molar-refractivity contribution is -0.385. The molecule has 0 saturated carbocycles. The highest BCUT2D eigenvalue weighted by Crippen LogP contribution is 2.27. The highest BCUT2D eigenvalue weighted by molar-refractivity contribution is 5.86. The summed E-state index contributed by atoms with van der Waals surface area (Å²) in [5, 5.41) is 24.8. The molecule has 34 heavy (non-hydrogen) atoms. The number of aromatic amines is 1. The second-order valence-electron chi connectivity index (χ2n) is 6.88. The molecule has 0 atom stereocenters. The molecule has 10 nitrogen and oxygen atoms in total. The smallest absolute Gasteiger partial charge is 0.278 e. The molecule has 0 fully saturated rings. The maximum Gasteiger partial charge on any atom is 0.278 e. The van der Waals surface area contributed by atoms with Crippen LogP contribution in [0, 0.1) is 21.4 Å². The molecule has 1 heterocycles. The number of nitrogens with one attached hydrogen (secondary N) is 2. The van der Waals surface area contributed by atoms with Crippen LogP contribution in [-0.4, -0.2) is 21.1 Å². The minimum atomic E-state index is -0.640. The number of nitro groups is 1. The summed E-state index contributed by atoms with van der Waals surface area (Å²) in [5.41, 5.74) is 2.54. The van der Waals surface area contributed by atoms with E-state index in [2.05, 4.69) is 20.5 Å². The molecule has 166 valence electrons. The number of aromatic nitrogens is 2. The zero-order chi connectivity index (χ0) is 23.9. The predicted molar refractivity (Wildman–Crippen MR) is 126 cm³/mol. The maximum atomic E-state index is 12.3. The molecule has 0 aliphatic heterocycles. The van der Waals surface area contributed by atoms with E-state index < -0.39 is 10.5 Å². The molecule has 0 amide bonds. The number of nitrogens with zero attached hydrogens (tertiary/aromatic N) is 4. The number of hydrogen-bond acceptors (Lipinski definition) is 8. The normalized spacial score (nSPS) is 10.6. The second kappa shape index (κ2) is 9.88. The van der Waals surface area contributed by atoms with Crippen LogP contribution in [0.4, 0.5) is 11.6 Å². The molecule has 0 radical (unpaired) electrons. The molecule has 1 aromatic heterocycles. The number of hydrazone groups is 1. The SMILES string of the molecule is N#Cc1c(-c2ccccc2)nc(NN=Cc2cc(Oc3ccccc3)ccc2[N+](=O)[O-])[nH]c1=O. The lowest BCUT2D eigenvalue weighted by atomic mass is 10.1. The summed E-state index contributed by atoms with van der Waals surface area (Å²) >= 11 is 0. The Balaban J connectivity index is 1.62. The van der Waals surface area contributed by atoms with Crippen LogP contribution in [0.3, 0.4) is 0 Å². The van der Waals surface area contributed by atoms with Gasteiger partial charge in [-0.05, 0) is 24.3 Å². The van der Waals surface area contributed by atoms with E-state index >= 15 is 0 Å². The van der Waals surface area contributed by atoms with Gasteiger partial charge >= 0.3 is 0 Å². The van der Waals surface area contributed by atoms with Crippen LogP contribution in [0.5, 0.6) is 11.5 Å². The number of H-pyrrole nitrogens is 1. The molecule has 0 aliphatic carbocycles. The van der Waals surface area contributed by atoms with Crippen molar-refractivity contribution in [2.24, 2.45) is 5.10 Å². The first kappa shape index (κ1) is 21.9. The van der Waals surface area contributed by atoms with Crippen LogP contribution in [0.1, 0.15) is 11.1 Å². The van der Waals surface area contributed by atoms with E-state index in [4.69, 9.17) is 4.74 Å². The van der Waals surface area contributed by atoms with E-state index in [0.717, 1.165) is 0 Å². The predicted octanol–water partition coefficient (Wildman–Crippen LogP) is 4.46. The van der Waals surface area contributed by atoms with Gasteiger partial charge in [-0.15, -0.1) is 0 Å². The molecule has 0 spiro atoms. The van der Waals surface area contributed by atoms with Crippen molar-refractivity contribution in [1.29, 1.82) is 5.26 Å². The fraction of sp³-hybridized carbons (Fsp3) is 0. The number of anilines is 1. The van der Waals surface area contributed by atoms with Crippen molar-refractivity contribution in [2.75, 3.05) is 5.43 Å². The topological polar surface area (TPSA) is 146 Å². The molecule has 3 aromatic carbocycles. The van der Waals surface area contributed by atoms with E-state index in [0.29, 0.717) is 17.1 Å². The van der Waals surface area contributed by atoms with E-state index in [1.807, 2.05) is 24.3 Å². The van der Waals surface area contributed by atoms with Gasteiger partial charge in [0.1, 0.15) is 23.1 Å². The molecule has 0 bridgehead atoms. The zero-order valence-corrected chi connectivity index (χ0v) is 17.5. The van der Waals surface area contributed by atoms with Crippen LogP contribution in [0.15, 0.2) is 88.8 Å². The minimum absolute atomic E-state index is 0.0292. The van der Waals surface area contributed by atoms with E-state index in [-0.39, 0.29) is 28.5 Å². The summed E-state index contributed by atoms with van der Waals surface area (Å²) in [6, 6.07) is 23.9. The average Bonchev–Trinajstić information content (AvgIpc) is 2.85. The van der Waals surface area contributed by atoms with E-state index in [9.17, 15) is 20.2 Å². The van der Waals surface area contributed by atoms with Crippen molar-refractivity contribution in [2.45, 2.75) is 0 Å². The monoisotopic (exact) mass is 452 g/mol. The van der Waals surface area contributed by atoms with Gasteiger partial charge in [-0.2, -0.15) is 10.4 Å². The van der Waals surface area contributed by atoms with Gasteiger partial charge in [0.15, 0.2) is 0 Å². The Kier molecular flexibility index (Phi) is 6.37. The van der Waals surface area contributed by atoms with Gasteiger partial charge in [0.05, 0.1) is 22.4 Å². The number of nitro benzene ring substituents is 1. The van der Waals surface area contributed by atoms with Crippen molar-refractivity contribution >= 4 is 17.9 Å². The first-order chi connectivity index (χ1) is 16.5. The lowest BCUT2D eigenvalue weighted by Gasteiger charge is -2.07. The van der Waals surface area contributed by atoms with E-state index in [1.165, 1.54) is 24.4 Å². The Labute approximate surface area is 193 Å². The molecule has 0 aliphatic rings. The van der Waals surface area contributed by atoms with Crippen molar-refractivity contribution in [3.8, 4) is 28.8 Å². The standard InChI is InChI=1S/C24H16N6O4/c25-14-20-22(16-7-3-1-4-8-16)27-24(28-23(20)31)29-26-15-17-13-19(11-12-21(17)30(32)33)34-18-9-5-2-6-10-18/h1-13,15H,(H2,27,28,29,31). The Bertz CT molecular complexity index is 1460. The van der Waals surface area contributed by atoms with Crippen molar-refractivity contribution in [1.82, 2.24) is 9.97 Å². The quantitative estimate of drug-likeness (QED) is 0.239. The molecule has 0 unspecified atom stereocenters. The Morgan fingerprint density at radius 1 is 1.06 bits per heavy atom. The number of benzene rings is 3. The first-order valence-corrected chi connectivity index (χ1v) is 9.95. The van der Waals surface area contributed by atoms with Crippen LogP contribution < -0.4 is 15.7 Å². The summed E-state index contributed by atoms with van der Waals surface area (Å²) in [4.78, 5) is 29.9. The molecule has 4 rings (SSSR count). The summed E-state index contributed by atoms with van der Waals surface area (Å²) in [6.07, 6.45) is 1.22. The van der Waals surface area contributed by atoms with Gasteiger partial charge in [0, 0.05) is 11.6 Å². The van der Waals surface area contributed by atoms with Crippen molar-refractivity contribution in [3.63, 3.8) is 0 Å². The largest absolute Gasteiger partial charge is 0.457 e. The Morgan fingerprint density at radius 2 is 1.76 bits per heavy atom. The van der Waals surface area contributed by atoms with Gasteiger partial charge in [0.25, 0.3) is 11.2 Å². The molecule has 10 heteroatoms. The second-order valence-corrected chi connectivity index (χ2v) is 6.88. The average molecular weight is 452 g/mol. The molecular weight excluding hydrogens is 436 g/mol. The van der Waals surface area contributed by atoms with Gasteiger partial charge in [-0.1, -0.05) is 48.5 Å². The zero-order valence-electron chi connectivity index (χ0n) is 17.5. The molecule has 2 N–H and O–H groups in total. The first-order valence-electron chi connectivity index (χ1n) is 9.95. The fourth-order valence-corrected chi connectivity index (χ4v) is 3.09. The number of ether oxygens (including phenoxy) is 1. The van der Waals surface area contributed by atoms with Gasteiger partial charge in [-0.25, -0.2) is 10.4 Å². The van der Waals surface area contributed by atoms with Crippen LogP contribution in [0.25, 0.3) is 11.3 Å². The van der Waals surface area contributed by atoms with Gasteiger partial charge < -0.3 is 4.74 Å². The fourth-order valence-electron chi connectivity index (χ4n) is 3.09. The highest BCUT2D eigenvalue weighted by Gasteiger charge is 2.15. The van der Waals surface area contributed by atoms with Crippen LogP contribution >= 0.6 is 0 Å². The van der Waals surface area contributed by atoms with Gasteiger partial charge in [0.2, 0.25) is 5.95 Å². The summed E-state index contributed by atoms with van der Waals surface area (Å²) < 4.78 is 5.73. The third-order valence-electron chi connectivity index (χ3n) is 4.63. The highest BCUT2D eigenvalue weighted by atomic mass is 16.6. The minimum Gasteiger partial charge on any atom is -0.457 e. The summed E-state index contributed by atoms with van der Waals surface area (Å²) in [6.45, 7) is 0. The number of nitriles is 1. The lowest BCUT2D eigenvalue weighted by Crippen LogP contribution is -2.16. The molecule has 0 saturated heterocycles. The third kappa shape index (κ3) is 4.95. The van der Waals surface area contributed by atoms with Crippen molar-refractivity contribution in [3.05, 3.63) is 110 Å². The van der Waals surface area contributed by atoms with E-state index in [1.54, 1.807) is 42.5 Å². The summed E-state index contributed by atoms with van der Waals surface area (Å²) in [7, 11) is 0. The number of hydrogen-bond donors (Lipinski definition) is 2. The van der Waals surface area contributed by atoms with Gasteiger partial charge in [-0.3, -0.25) is 19.9 Å². The van der Waals surface area contributed by atoms with Crippen LogP contribution in [-0.2, 0) is 0 Å². The number of para-hydroxylation sites is 1. The Hall–Kier alpha value is -5.30. The molecule has 4 aromatic rings. The maximum absolute atomic E-state index is 12.3. The number of rotatable bonds is 7. The van der Waals surface area contributed by atoms with Crippen molar-refractivity contribution < 1.29 is 9.66 Å². The summed E-state index contributed by atoms with van der Waals surface area (Å²) in [5.74, 6) is 0.929. The third-order valence-corrected chi connectivity index (χ3v) is 4.63. The molecular formula is C24H16N6O4.